The average molecular weight is 561 g/mol. The van der Waals surface area contributed by atoms with E-state index in [1.54, 1.807) is 9.47 Å². The number of ether oxygens (including phenoxy) is 2. The van der Waals surface area contributed by atoms with Crippen molar-refractivity contribution in [1.29, 1.82) is 0 Å². The second-order valence-corrected chi connectivity index (χ2v) is 10.7. The SMILES string of the molecule is Nc1nc(CC2CCN(C(=O)OCC3CNC(=O)C3)CC2)nc2c1ncn2CO[C@H](C(=O)NC1CC1)C(O)CO. The molecule has 1 aliphatic carbocycles. The summed E-state index contributed by atoms with van der Waals surface area (Å²) in [5, 5.41) is 25.0. The molecule has 5 rings (SSSR count). The van der Waals surface area contributed by atoms with Crippen LogP contribution in [0.2, 0.25) is 0 Å². The van der Waals surface area contributed by atoms with Crippen LogP contribution in [0.4, 0.5) is 10.6 Å². The van der Waals surface area contributed by atoms with E-state index in [1.165, 1.54) is 6.33 Å². The monoisotopic (exact) mass is 560 g/mol. The Kier molecular flexibility index (Phi) is 8.61. The number of carbonyl (C=O) groups excluding carboxylic acids is 3. The molecule has 2 aromatic rings. The highest BCUT2D eigenvalue weighted by Gasteiger charge is 2.33. The van der Waals surface area contributed by atoms with Crippen molar-refractivity contribution in [2.45, 2.75) is 63.5 Å². The number of imidazole rings is 1. The number of likely N-dealkylation sites (tertiary alicyclic amines) is 1. The molecule has 2 saturated heterocycles. The standard InChI is InChI=1S/C25H36N8O7/c26-22-20-23(33(12-28-20)13-40-21(17(35)10-34)24(37)29-16-1-2-16)31-18(30-22)7-14-3-5-32(6-4-14)25(38)39-11-15-8-19(36)27-9-15/h12,14-17,21,34-35H,1-11,13H2,(H,27,36)(H,29,37)(H2,26,30,31)/t15?,17?,21-/m0/s1. The number of hydrogen-bond acceptors (Lipinski definition) is 11. The lowest BCUT2D eigenvalue weighted by Gasteiger charge is -2.31. The second-order valence-electron chi connectivity index (χ2n) is 10.7. The fraction of sp³-hybridized carbons (Fsp3) is 0.680. The maximum atomic E-state index is 12.5. The van der Waals surface area contributed by atoms with Crippen LogP contribution in [0.15, 0.2) is 6.33 Å². The van der Waals surface area contributed by atoms with Crippen molar-refractivity contribution in [3.05, 3.63) is 12.2 Å². The predicted molar refractivity (Wildman–Crippen MR) is 139 cm³/mol. The van der Waals surface area contributed by atoms with Gasteiger partial charge in [-0.3, -0.25) is 14.2 Å². The lowest BCUT2D eigenvalue weighted by atomic mass is 9.93. The van der Waals surface area contributed by atoms with Crippen LogP contribution in [0.3, 0.4) is 0 Å². The molecule has 2 aromatic heterocycles. The van der Waals surface area contributed by atoms with Crippen molar-refractivity contribution in [3.8, 4) is 0 Å². The third-order valence-electron chi connectivity index (χ3n) is 7.50. The molecule has 0 aromatic carbocycles. The van der Waals surface area contributed by atoms with Crippen LogP contribution in [0.25, 0.3) is 11.2 Å². The molecule has 4 heterocycles. The van der Waals surface area contributed by atoms with Gasteiger partial charge < -0.3 is 41.0 Å². The Morgan fingerprint density at radius 2 is 1.98 bits per heavy atom. The molecule has 3 aliphatic rings. The second kappa shape index (κ2) is 12.3. The molecular weight excluding hydrogens is 524 g/mol. The van der Waals surface area contributed by atoms with Crippen LogP contribution in [0.1, 0.15) is 37.9 Å². The minimum atomic E-state index is -1.38. The zero-order valence-corrected chi connectivity index (χ0v) is 22.2. The van der Waals surface area contributed by atoms with E-state index in [4.69, 9.17) is 15.2 Å². The molecular formula is C25H36N8O7. The number of aliphatic hydroxyl groups excluding tert-OH is 2. The van der Waals surface area contributed by atoms with Gasteiger partial charge in [0.1, 0.15) is 24.2 Å². The zero-order valence-electron chi connectivity index (χ0n) is 22.2. The Labute approximate surface area is 230 Å². The summed E-state index contributed by atoms with van der Waals surface area (Å²) in [5.41, 5.74) is 6.99. The lowest BCUT2D eigenvalue weighted by molar-refractivity contribution is -0.147. The number of nitrogens with zero attached hydrogens (tertiary/aromatic N) is 5. The van der Waals surface area contributed by atoms with Gasteiger partial charge in [0.2, 0.25) is 5.91 Å². The first-order chi connectivity index (χ1) is 19.3. The molecule has 40 heavy (non-hydrogen) atoms. The van der Waals surface area contributed by atoms with Gasteiger partial charge >= 0.3 is 6.09 Å². The van der Waals surface area contributed by atoms with Crippen molar-refractivity contribution in [1.82, 2.24) is 35.1 Å². The first-order valence-corrected chi connectivity index (χ1v) is 13.7. The van der Waals surface area contributed by atoms with Crippen molar-refractivity contribution in [2.75, 3.05) is 38.6 Å². The van der Waals surface area contributed by atoms with Gasteiger partial charge in [0, 0.05) is 44.4 Å². The summed E-state index contributed by atoms with van der Waals surface area (Å²) in [7, 11) is 0. The van der Waals surface area contributed by atoms with Gasteiger partial charge in [-0.15, -0.1) is 0 Å². The molecule has 3 fully saturated rings. The number of rotatable bonds is 11. The summed E-state index contributed by atoms with van der Waals surface area (Å²) in [4.78, 5) is 51.3. The Hall–Kier alpha value is -3.56. The number of aliphatic hydroxyl groups is 2. The molecule has 3 amide bonds. The Morgan fingerprint density at radius 3 is 2.65 bits per heavy atom. The van der Waals surface area contributed by atoms with Crippen LogP contribution in [-0.2, 0) is 32.2 Å². The van der Waals surface area contributed by atoms with E-state index >= 15 is 0 Å². The van der Waals surface area contributed by atoms with Gasteiger partial charge in [0.15, 0.2) is 17.6 Å². The van der Waals surface area contributed by atoms with Crippen molar-refractivity contribution in [3.63, 3.8) is 0 Å². The van der Waals surface area contributed by atoms with E-state index in [2.05, 4.69) is 25.6 Å². The number of nitrogens with two attached hydrogens (primary N) is 1. The summed E-state index contributed by atoms with van der Waals surface area (Å²) >= 11 is 0. The number of hydrogen-bond donors (Lipinski definition) is 5. The van der Waals surface area contributed by atoms with Gasteiger partial charge in [-0.1, -0.05) is 0 Å². The van der Waals surface area contributed by atoms with E-state index in [0.717, 1.165) is 25.7 Å². The van der Waals surface area contributed by atoms with Crippen molar-refractivity contribution >= 4 is 34.9 Å². The minimum absolute atomic E-state index is 0.0144. The highest BCUT2D eigenvalue weighted by molar-refractivity contribution is 5.82. The number of carbonyl (C=O) groups is 3. The molecule has 6 N–H and O–H groups in total. The number of amides is 3. The molecule has 2 unspecified atom stereocenters. The van der Waals surface area contributed by atoms with Crippen LogP contribution >= 0.6 is 0 Å². The van der Waals surface area contributed by atoms with E-state index < -0.39 is 24.7 Å². The van der Waals surface area contributed by atoms with Gasteiger partial charge in [-0.25, -0.2) is 19.7 Å². The lowest BCUT2D eigenvalue weighted by Crippen LogP contribution is -2.46. The number of piperidine rings is 1. The summed E-state index contributed by atoms with van der Waals surface area (Å²) in [6.45, 7) is 1.10. The first-order valence-electron chi connectivity index (χ1n) is 13.7. The van der Waals surface area contributed by atoms with Gasteiger partial charge in [0.05, 0.1) is 19.5 Å². The molecule has 1 saturated carbocycles. The summed E-state index contributed by atoms with van der Waals surface area (Å²) in [6.07, 6.45) is 2.67. The highest BCUT2D eigenvalue weighted by Crippen LogP contribution is 2.24. The molecule has 0 radical (unpaired) electrons. The number of fused-ring (bicyclic) bond motifs is 1. The summed E-state index contributed by atoms with van der Waals surface area (Å²) in [5.74, 6) is 0.516. The van der Waals surface area contributed by atoms with Crippen molar-refractivity contribution < 1.29 is 34.1 Å². The largest absolute Gasteiger partial charge is 0.449 e. The van der Waals surface area contributed by atoms with Crippen LogP contribution < -0.4 is 16.4 Å². The fourth-order valence-electron chi connectivity index (χ4n) is 4.97. The maximum absolute atomic E-state index is 12.5. The van der Waals surface area contributed by atoms with E-state index in [9.17, 15) is 24.6 Å². The molecule has 2 aliphatic heterocycles. The zero-order chi connectivity index (χ0) is 28.2. The number of anilines is 1. The Balaban J connectivity index is 1.16. The summed E-state index contributed by atoms with van der Waals surface area (Å²) < 4.78 is 12.7. The Morgan fingerprint density at radius 1 is 1.20 bits per heavy atom. The number of nitrogen functional groups attached to an aromatic ring is 1. The fourth-order valence-corrected chi connectivity index (χ4v) is 4.97. The topological polar surface area (TPSA) is 207 Å². The minimum Gasteiger partial charge on any atom is -0.449 e. The quantitative estimate of drug-likeness (QED) is 0.223. The van der Waals surface area contributed by atoms with E-state index in [-0.39, 0.29) is 49.0 Å². The third kappa shape index (κ3) is 6.77. The smallest absolute Gasteiger partial charge is 0.409 e. The third-order valence-corrected chi connectivity index (χ3v) is 7.50. The molecule has 15 nitrogen and oxygen atoms in total. The highest BCUT2D eigenvalue weighted by atomic mass is 16.6. The van der Waals surface area contributed by atoms with Gasteiger partial charge in [-0.05, 0) is 31.6 Å². The average Bonchev–Trinajstić information content (AvgIpc) is 3.50. The Bertz CT molecular complexity index is 1230. The summed E-state index contributed by atoms with van der Waals surface area (Å²) in [6, 6.07) is 0.0765. The van der Waals surface area contributed by atoms with Crippen molar-refractivity contribution in [2.24, 2.45) is 11.8 Å². The number of nitrogens with one attached hydrogen (secondary N) is 2. The molecule has 0 spiro atoms. The normalized spacial score (nSPS) is 21.3. The van der Waals surface area contributed by atoms with E-state index in [1.807, 2.05) is 0 Å². The number of aromatic nitrogens is 4. The van der Waals surface area contributed by atoms with Crippen LogP contribution in [0, 0.1) is 11.8 Å². The van der Waals surface area contributed by atoms with Crippen LogP contribution in [-0.4, -0.2) is 104 Å². The molecule has 15 heteroatoms. The van der Waals surface area contributed by atoms with E-state index in [0.29, 0.717) is 49.5 Å². The predicted octanol–water partition coefficient (Wildman–Crippen LogP) is -1.09. The molecule has 218 valence electrons. The van der Waals surface area contributed by atoms with Crippen LogP contribution in [0.5, 0.6) is 0 Å². The van der Waals surface area contributed by atoms with Gasteiger partial charge in [0.25, 0.3) is 5.91 Å². The van der Waals surface area contributed by atoms with Gasteiger partial charge in [-0.2, -0.15) is 0 Å². The molecule has 0 bridgehead atoms. The first kappa shape index (κ1) is 28.0. The maximum Gasteiger partial charge on any atom is 0.409 e. The molecule has 3 atom stereocenters.